The molecule has 0 spiro atoms. The van der Waals surface area contributed by atoms with Crippen LogP contribution >= 0.6 is 11.8 Å². The van der Waals surface area contributed by atoms with Crippen molar-refractivity contribution in [2.24, 2.45) is 11.8 Å². The molecule has 1 fully saturated rings. The van der Waals surface area contributed by atoms with Crippen molar-refractivity contribution in [1.82, 2.24) is 5.32 Å². The molecule has 1 aromatic rings. The third-order valence-electron chi connectivity index (χ3n) is 4.11. The number of ether oxygens (including phenoxy) is 1. The van der Waals surface area contributed by atoms with Gasteiger partial charge >= 0.3 is 6.36 Å². The van der Waals surface area contributed by atoms with E-state index in [9.17, 15) is 18.0 Å². The van der Waals surface area contributed by atoms with E-state index in [2.05, 4.69) is 10.1 Å². The molecule has 1 aliphatic carbocycles. The first-order valence-corrected chi connectivity index (χ1v) is 9.01. The summed E-state index contributed by atoms with van der Waals surface area (Å²) in [6.07, 6.45) is -0.893. The zero-order valence-corrected chi connectivity index (χ0v) is 14.3. The highest BCUT2D eigenvalue weighted by Crippen LogP contribution is 2.35. The number of hydrogen-bond acceptors (Lipinski definition) is 4. The predicted octanol–water partition coefficient (Wildman–Crippen LogP) is 4.12. The van der Waals surface area contributed by atoms with Crippen LogP contribution in [0.5, 0.6) is 5.75 Å². The van der Waals surface area contributed by atoms with Crippen molar-refractivity contribution in [2.75, 3.05) is 12.3 Å². The SMILES string of the molecule is N#CCNC(=O)[C@@H]1CCCC[C@H]1CSc1ccc(OC(F)(F)F)cc1. The van der Waals surface area contributed by atoms with Crippen LogP contribution in [-0.4, -0.2) is 24.6 Å². The zero-order valence-electron chi connectivity index (χ0n) is 13.5. The van der Waals surface area contributed by atoms with Crippen LogP contribution in [0.1, 0.15) is 25.7 Å². The highest BCUT2D eigenvalue weighted by Gasteiger charge is 2.32. The Balaban J connectivity index is 1.90. The van der Waals surface area contributed by atoms with Gasteiger partial charge in [0.25, 0.3) is 0 Å². The van der Waals surface area contributed by atoms with E-state index in [-0.39, 0.29) is 30.0 Å². The largest absolute Gasteiger partial charge is 0.573 e. The molecule has 2 rings (SSSR count). The second-order valence-electron chi connectivity index (χ2n) is 5.86. The average Bonchev–Trinajstić information content (AvgIpc) is 2.58. The van der Waals surface area contributed by atoms with E-state index in [1.807, 2.05) is 6.07 Å². The molecule has 1 amide bonds. The molecule has 4 nitrogen and oxygen atoms in total. The van der Waals surface area contributed by atoms with Gasteiger partial charge in [0.2, 0.25) is 5.91 Å². The van der Waals surface area contributed by atoms with E-state index in [1.54, 1.807) is 12.1 Å². The summed E-state index contributed by atoms with van der Waals surface area (Å²) in [6, 6.07) is 7.64. The molecule has 136 valence electrons. The van der Waals surface area contributed by atoms with Crippen molar-refractivity contribution in [3.63, 3.8) is 0 Å². The van der Waals surface area contributed by atoms with Crippen LogP contribution in [0, 0.1) is 23.2 Å². The Morgan fingerprint density at radius 3 is 2.60 bits per heavy atom. The maximum Gasteiger partial charge on any atom is 0.573 e. The molecule has 1 saturated carbocycles. The van der Waals surface area contributed by atoms with Gasteiger partial charge in [0.1, 0.15) is 12.3 Å². The van der Waals surface area contributed by atoms with Crippen LogP contribution in [0.15, 0.2) is 29.2 Å². The number of hydrogen-bond donors (Lipinski definition) is 1. The van der Waals surface area contributed by atoms with Crippen LogP contribution in [-0.2, 0) is 4.79 Å². The molecule has 2 atom stereocenters. The second-order valence-corrected chi connectivity index (χ2v) is 6.95. The van der Waals surface area contributed by atoms with Crippen LogP contribution in [0.2, 0.25) is 0 Å². The molecular formula is C17H19F3N2O2S. The number of halogens is 3. The van der Waals surface area contributed by atoms with Crippen LogP contribution in [0.25, 0.3) is 0 Å². The number of alkyl halides is 3. The molecule has 25 heavy (non-hydrogen) atoms. The summed E-state index contributed by atoms with van der Waals surface area (Å²) in [5, 5.41) is 11.2. The Labute approximate surface area is 148 Å². The summed E-state index contributed by atoms with van der Waals surface area (Å²) in [5.41, 5.74) is 0. The third-order valence-corrected chi connectivity index (χ3v) is 5.31. The Hall–Kier alpha value is -1.88. The van der Waals surface area contributed by atoms with E-state index in [0.717, 1.165) is 30.6 Å². The first-order chi connectivity index (χ1) is 11.9. The summed E-state index contributed by atoms with van der Waals surface area (Å²) in [6.45, 7) is 0.00979. The fourth-order valence-electron chi connectivity index (χ4n) is 2.95. The van der Waals surface area contributed by atoms with Crippen LogP contribution in [0.4, 0.5) is 13.2 Å². The first-order valence-electron chi connectivity index (χ1n) is 8.02. The van der Waals surface area contributed by atoms with Gasteiger partial charge < -0.3 is 10.1 Å². The summed E-state index contributed by atoms with van der Waals surface area (Å²) >= 11 is 1.52. The van der Waals surface area contributed by atoms with Crippen LogP contribution in [0.3, 0.4) is 0 Å². The maximum atomic E-state index is 12.2. The molecule has 0 heterocycles. The second kappa shape index (κ2) is 8.99. The topological polar surface area (TPSA) is 62.1 Å². The fraction of sp³-hybridized carbons (Fsp3) is 0.529. The number of nitriles is 1. The summed E-state index contributed by atoms with van der Waals surface area (Å²) in [7, 11) is 0. The number of amides is 1. The Morgan fingerprint density at radius 2 is 1.96 bits per heavy atom. The van der Waals surface area contributed by atoms with Gasteiger partial charge in [-0.15, -0.1) is 24.9 Å². The fourth-order valence-corrected chi connectivity index (χ4v) is 4.08. The van der Waals surface area contributed by atoms with E-state index in [4.69, 9.17) is 5.26 Å². The van der Waals surface area contributed by atoms with Gasteiger partial charge in [0.05, 0.1) is 6.07 Å². The number of rotatable bonds is 6. The lowest BCUT2D eigenvalue weighted by Crippen LogP contribution is -2.37. The summed E-state index contributed by atoms with van der Waals surface area (Å²) in [4.78, 5) is 13.0. The van der Waals surface area contributed by atoms with Crippen molar-refractivity contribution in [2.45, 2.75) is 36.9 Å². The van der Waals surface area contributed by atoms with Gasteiger partial charge in [-0.1, -0.05) is 12.8 Å². The molecule has 1 aliphatic rings. The molecule has 8 heteroatoms. The minimum Gasteiger partial charge on any atom is -0.406 e. The Kier molecular flexibility index (Phi) is 7.00. The smallest absolute Gasteiger partial charge is 0.406 e. The molecule has 0 aliphatic heterocycles. The van der Waals surface area contributed by atoms with Gasteiger partial charge in [-0.25, -0.2) is 0 Å². The van der Waals surface area contributed by atoms with Crippen molar-refractivity contribution >= 4 is 17.7 Å². The number of nitrogens with zero attached hydrogens (tertiary/aromatic N) is 1. The third kappa shape index (κ3) is 6.50. The number of nitrogens with one attached hydrogen (secondary N) is 1. The quantitative estimate of drug-likeness (QED) is 0.603. The zero-order chi connectivity index (χ0) is 18.3. The lowest BCUT2D eigenvalue weighted by molar-refractivity contribution is -0.274. The van der Waals surface area contributed by atoms with Gasteiger partial charge in [-0.2, -0.15) is 5.26 Å². The number of benzene rings is 1. The molecule has 0 unspecified atom stereocenters. The lowest BCUT2D eigenvalue weighted by Gasteiger charge is -2.30. The van der Waals surface area contributed by atoms with Crippen molar-refractivity contribution in [3.8, 4) is 11.8 Å². The minimum absolute atomic E-state index is 0.00979. The standard InChI is InChI=1S/C17H19F3N2O2S/c18-17(19,20)24-13-5-7-14(8-6-13)25-11-12-3-1-2-4-15(12)16(23)22-10-9-21/h5-8,12,15H,1-4,10-11H2,(H,22,23)/t12-,15+/m0/s1. The van der Waals surface area contributed by atoms with Crippen LogP contribution < -0.4 is 10.1 Å². The number of thioether (sulfide) groups is 1. The Morgan fingerprint density at radius 1 is 1.28 bits per heavy atom. The summed E-state index contributed by atoms with van der Waals surface area (Å²) in [5.74, 6) is 0.472. The van der Waals surface area contributed by atoms with Gasteiger partial charge in [0.15, 0.2) is 0 Å². The molecule has 0 radical (unpaired) electrons. The molecule has 0 aromatic heterocycles. The van der Waals surface area contributed by atoms with E-state index in [1.165, 1.54) is 23.9 Å². The van der Waals surface area contributed by atoms with Gasteiger partial charge in [-0.3, -0.25) is 4.79 Å². The Bertz CT molecular complexity index is 614. The number of carbonyl (C=O) groups excluding carboxylic acids is 1. The minimum atomic E-state index is -4.69. The van der Waals surface area contributed by atoms with E-state index in [0.29, 0.717) is 5.75 Å². The number of carbonyl (C=O) groups is 1. The monoisotopic (exact) mass is 372 g/mol. The molecule has 1 aromatic carbocycles. The van der Waals surface area contributed by atoms with E-state index < -0.39 is 6.36 Å². The summed E-state index contributed by atoms with van der Waals surface area (Å²) < 4.78 is 40.3. The van der Waals surface area contributed by atoms with Crippen molar-refractivity contribution in [1.29, 1.82) is 5.26 Å². The van der Waals surface area contributed by atoms with Crippen molar-refractivity contribution < 1.29 is 22.7 Å². The molecule has 1 N–H and O–H groups in total. The maximum absolute atomic E-state index is 12.2. The predicted molar refractivity (Wildman–Crippen MR) is 87.9 cm³/mol. The normalized spacial score (nSPS) is 20.6. The lowest BCUT2D eigenvalue weighted by atomic mass is 9.80. The highest BCUT2D eigenvalue weighted by molar-refractivity contribution is 7.99. The molecule has 0 bridgehead atoms. The van der Waals surface area contributed by atoms with E-state index >= 15 is 0 Å². The molecule has 0 saturated heterocycles. The van der Waals surface area contributed by atoms with Crippen molar-refractivity contribution in [3.05, 3.63) is 24.3 Å². The molecular weight excluding hydrogens is 353 g/mol. The average molecular weight is 372 g/mol. The first kappa shape index (κ1) is 19.4. The van der Waals surface area contributed by atoms with Gasteiger partial charge in [-0.05, 0) is 43.0 Å². The van der Waals surface area contributed by atoms with Gasteiger partial charge in [0, 0.05) is 16.6 Å². The highest BCUT2D eigenvalue weighted by atomic mass is 32.2.